The molecule has 0 aromatic carbocycles. The number of carbonyl (C=O) groups excluding carboxylic acids is 1. The molecule has 6 nitrogen and oxygen atoms in total. The van der Waals surface area contributed by atoms with E-state index in [2.05, 4.69) is 18.1 Å². The quantitative estimate of drug-likeness (QED) is 0.342. The summed E-state index contributed by atoms with van der Waals surface area (Å²) in [5.41, 5.74) is -4.74. The van der Waals surface area contributed by atoms with E-state index < -0.39 is 15.6 Å². The lowest BCUT2D eigenvalue weighted by Crippen LogP contribution is -2.28. The lowest BCUT2D eigenvalue weighted by Gasteiger charge is -2.22. The number of hydrogen-bond acceptors (Lipinski definition) is 5. The average molecular weight is 392 g/mol. The summed E-state index contributed by atoms with van der Waals surface area (Å²) in [6, 6.07) is 5.85. The van der Waals surface area contributed by atoms with Gasteiger partial charge in [-0.3, -0.25) is 4.79 Å². The highest BCUT2D eigenvalue weighted by molar-refractivity contribution is 7.86. The van der Waals surface area contributed by atoms with E-state index in [-0.39, 0.29) is 5.78 Å². The van der Waals surface area contributed by atoms with Gasteiger partial charge in [0.1, 0.15) is 0 Å². The molecule has 0 bridgehead atoms. The number of alkyl halides is 3. The number of Topliss-reactive ketones (excluding diaryl/α,β-unsaturated/α-hetero) is 1. The number of allylic oxidation sites excluding steroid dienone is 2. The second kappa shape index (κ2) is 9.04. The van der Waals surface area contributed by atoms with Crippen molar-refractivity contribution in [1.29, 1.82) is 0 Å². The van der Waals surface area contributed by atoms with Gasteiger partial charge < -0.3 is 4.55 Å². The Labute approximate surface area is 149 Å². The highest BCUT2D eigenvalue weighted by atomic mass is 32.2. The van der Waals surface area contributed by atoms with Crippen molar-refractivity contribution in [3.63, 3.8) is 0 Å². The first-order valence-electron chi connectivity index (χ1n) is 7.64. The van der Waals surface area contributed by atoms with E-state index in [1.54, 1.807) is 4.68 Å². The van der Waals surface area contributed by atoms with Crippen LogP contribution < -0.4 is 4.68 Å². The summed E-state index contributed by atoms with van der Waals surface area (Å²) in [4.78, 5) is 11.7. The van der Waals surface area contributed by atoms with Gasteiger partial charge in [-0.15, -0.1) is 0 Å². The van der Waals surface area contributed by atoms with Gasteiger partial charge in [0.15, 0.2) is 15.9 Å². The standard InChI is InChI=1S/C15H19N2O.CHF3O3S/c1-12-6-7-14(10-15(12)18)13(2)11-16-17-8-4-3-5-9-17;2-1(3,4)8(5,6)7/h3-6,8-9,11,13-14H,7,10H2,1-2H3;(H,5,6,7)/q+1;/p-1/t13-,14?;/m0./s1. The van der Waals surface area contributed by atoms with Crippen molar-refractivity contribution in [2.75, 3.05) is 0 Å². The smallest absolute Gasteiger partial charge is 0.485 e. The van der Waals surface area contributed by atoms with E-state index in [1.165, 1.54) is 0 Å². The second-order valence-electron chi connectivity index (χ2n) is 5.79. The fourth-order valence-electron chi connectivity index (χ4n) is 2.10. The minimum absolute atomic E-state index is 0.277. The highest BCUT2D eigenvalue weighted by Crippen LogP contribution is 2.26. The predicted octanol–water partition coefficient (Wildman–Crippen LogP) is 2.42. The van der Waals surface area contributed by atoms with Gasteiger partial charge in [-0.2, -0.15) is 13.2 Å². The normalized spacial score (nSPS) is 19.5. The lowest BCUT2D eigenvalue weighted by molar-refractivity contribution is -0.678. The van der Waals surface area contributed by atoms with Gasteiger partial charge in [-0.1, -0.05) is 23.7 Å². The van der Waals surface area contributed by atoms with Crippen molar-refractivity contribution in [2.45, 2.75) is 32.2 Å². The third kappa shape index (κ3) is 7.04. The molecule has 10 heteroatoms. The first-order valence-corrected chi connectivity index (χ1v) is 9.05. The molecular formula is C16H19F3N2O4S. The summed E-state index contributed by atoms with van der Waals surface area (Å²) in [6.07, 6.45) is 9.42. The molecule has 0 radical (unpaired) electrons. The molecule has 26 heavy (non-hydrogen) atoms. The lowest BCUT2D eigenvalue weighted by atomic mass is 9.82. The minimum Gasteiger partial charge on any atom is -0.741 e. The maximum absolute atomic E-state index is 11.7. The van der Waals surface area contributed by atoms with E-state index in [1.807, 2.05) is 43.7 Å². The third-order valence-corrected chi connectivity index (χ3v) is 4.34. The molecule has 144 valence electrons. The number of hydrogen-bond donors (Lipinski definition) is 0. The molecule has 0 saturated heterocycles. The Kier molecular flexibility index (Phi) is 7.64. The zero-order valence-corrected chi connectivity index (χ0v) is 15.0. The molecule has 1 unspecified atom stereocenters. The van der Waals surface area contributed by atoms with Crippen LogP contribution in [0.3, 0.4) is 0 Å². The van der Waals surface area contributed by atoms with Crippen molar-refractivity contribution in [3.8, 4) is 0 Å². The Balaban J connectivity index is 0.000000359. The Bertz CT molecular complexity index is 774. The van der Waals surface area contributed by atoms with Crippen LogP contribution >= 0.6 is 0 Å². The zero-order valence-electron chi connectivity index (χ0n) is 14.2. The van der Waals surface area contributed by atoms with Gasteiger partial charge in [-0.25, -0.2) is 8.42 Å². The molecule has 0 saturated carbocycles. The van der Waals surface area contributed by atoms with Gasteiger partial charge in [-0.05, 0) is 29.9 Å². The van der Waals surface area contributed by atoms with Crippen LogP contribution in [0.4, 0.5) is 13.2 Å². The molecule has 1 aromatic rings. The molecule has 1 aliphatic carbocycles. The largest absolute Gasteiger partial charge is 0.741 e. The van der Waals surface area contributed by atoms with Crippen molar-refractivity contribution in [2.24, 2.45) is 16.9 Å². The first kappa shape index (κ1) is 22.0. The number of nitrogens with zero attached hydrogens (tertiary/aromatic N) is 2. The molecule has 1 aromatic heterocycles. The Morgan fingerprint density at radius 3 is 2.31 bits per heavy atom. The van der Waals surface area contributed by atoms with Crippen molar-refractivity contribution in [3.05, 3.63) is 42.2 Å². The van der Waals surface area contributed by atoms with Gasteiger partial charge in [0, 0.05) is 24.5 Å². The minimum atomic E-state index is -6.09. The number of aromatic nitrogens is 1. The molecule has 0 aliphatic heterocycles. The van der Waals surface area contributed by atoms with E-state index in [0.717, 1.165) is 12.0 Å². The van der Waals surface area contributed by atoms with E-state index in [4.69, 9.17) is 13.0 Å². The number of ketones is 1. The molecule has 0 amide bonds. The fraction of sp³-hybridized carbons (Fsp3) is 0.438. The molecule has 0 N–H and O–H groups in total. The number of rotatable bonds is 3. The Morgan fingerprint density at radius 1 is 1.31 bits per heavy atom. The zero-order chi connectivity index (χ0) is 20.0. The SMILES string of the molecule is CC1=CCC([C@@H](C)C=N[n+]2ccccc2)CC1=O.O=S(=O)([O-])C(F)(F)F. The molecule has 1 aliphatic rings. The van der Waals surface area contributed by atoms with Gasteiger partial charge in [0.2, 0.25) is 12.4 Å². The van der Waals surface area contributed by atoms with E-state index in [0.29, 0.717) is 18.3 Å². The van der Waals surface area contributed by atoms with E-state index in [9.17, 15) is 18.0 Å². The summed E-state index contributed by atoms with van der Waals surface area (Å²) in [7, 11) is -6.09. The van der Waals surface area contributed by atoms with E-state index >= 15 is 0 Å². The molecule has 1 heterocycles. The van der Waals surface area contributed by atoms with Crippen LogP contribution in [0.5, 0.6) is 0 Å². The third-order valence-electron chi connectivity index (χ3n) is 3.78. The van der Waals surface area contributed by atoms with Crippen LogP contribution in [0, 0.1) is 11.8 Å². The fourth-order valence-corrected chi connectivity index (χ4v) is 2.10. The summed E-state index contributed by atoms with van der Waals surface area (Å²) in [5, 5.41) is 4.39. The van der Waals surface area contributed by atoms with Crippen LogP contribution in [-0.4, -0.2) is 30.5 Å². The summed E-state index contributed by atoms with van der Waals surface area (Å²) in [5.74, 6) is 0.971. The second-order valence-corrected chi connectivity index (χ2v) is 7.16. The monoisotopic (exact) mass is 392 g/mol. The van der Waals surface area contributed by atoms with Crippen LogP contribution in [0.2, 0.25) is 0 Å². The predicted molar refractivity (Wildman–Crippen MR) is 86.9 cm³/mol. The maximum atomic E-state index is 11.7. The average Bonchev–Trinajstić information content (AvgIpc) is 2.55. The van der Waals surface area contributed by atoms with Crippen LogP contribution in [-0.2, 0) is 14.9 Å². The highest BCUT2D eigenvalue weighted by Gasteiger charge is 2.36. The maximum Gasteiger partial charge on any atom is 0.485 e. The van der Waals surface area contributed by atoms with Gasteiger partial charge in [0.25, 0.3) is 0 Å². The van der Waals surface area contributed by atoms with Gasteiger partial charge in [0.05, 0.1) is 6.21 Å². The van der Waals surface area contributed by atoms with Gasteiger partial charge >= 0.3 is 5.51 Å². The first-order chi connectivity index (χ1) is 11.9. The molecular weight excluding hydrogens is 373 g/mol. The summed E-state index contributed by atoms with van der Waals surface area (Å²) in [6.45, 7) is 4.02. The number of carbonyl (C=O) groups is 1. The molecule has 2 rings (SSSR count). The number of pyridine rings is 1. The molecule has 2 atom stereocenters. The van der Waals surface area contributed by atoms with Crippen molar-refractivity contribution >= 4 is 22.1 Å². The van der Waals surface area contributed by atoms with Crippen LogP contribution in [0.1, 0.15) is 26.7 Å². The molecule has 0 spiro atoms. The van der Waals surface area contributed by atoms with Crippen LogP contribution in [0.25, 0.3) is 0 Å². The Morgan fingerprint density at radius 2 is 1.85 bits per heavy atom. The number of halogens is 3. The topological polar surface area (TPSA) is 90.5 Å². The summed E-state index contributed by atoms with van der Waals surface area (Å²) < 4.78 is 60.7. The van der Waals surface area contributed by atoms with Crippen molar-refractivity contribution in [1.82, 2.24) is 0 Å². The van der Waals surface area contributed by atoms with Crippen LogP contribution in [0.15, 0.2) is 47.3 Å². The molecule has 0 fully saturated rings. The Hall–Kier alpha value is -2.07. The van der Waals surface area contributed by atoms with Crippen molar-refractivity contribution < 1.29 is 35.6 Å². The summed E-state index contributed by atoms with van der Waals surface area (Å²) >= 11 is 0.